The van der Waals surface area contributed by atoms with Crippen molar-refractivity contribution in [1.29, 1.82) is 0 Å². The van der Waals surface area contributed by atoms with E-state index in [1.807, 2.05) is 36.5 Å². The van der Waals surface area contributed by atoms with Gasteiger partial charge < -0.3 is 9.47 Å². The summed E-state index contributed by atoms with van der Waals surface area (Å²) in [5, 5.41) is 2.42. The van der Waals surface area contributed by atoms with Crippen molar-refractivity contribution >= 4 is 10.8 Å². The SMILES string of the molecule is c1ccc2c(Cc3ccc4c(c3)OCO4)nccc2c1. The molecule has 0 bridgehead atoms. The molecule has 0 N–H and O–H groups in total. The van der Waals surface area contributed by atoms with Crippen LogP contribution in [0, 0.1) is 0 Å². The predicted molar refractivity (Wildman–Crippen MR) is 77.1 cm³/mol. The highest BCUT2D eigenvalue weighted by atomic mass is 16.7. The Morgan fingerprint density at radius 2 is 1.85 bits per heavy atom. The molecule has 3 nitrogen and oxygen atoms in total. The summed E-state index contributed by atoms with van der Waals surface area (Å²) in [6.07, 6.45) is 2.66. The van der Waals surface area contributed by atoms with Crippen molar-refractivity contribution in [2.45, 2.75) is 6.42 Å². The normalized spacial score (nSPS) is 12.8. The van der Waals surface area contributed by atoms with Gasteiger partial charge in [-0.3, -0.25) is 4.98 Å². The maximum Gasteiger partial charge on any atom is 0.231 e. The van der Waals surface area contributed by atoms with Gasteiger partial charge in [0.15, 0.2) is 11.5 Å². The Hall–Kier alpha value is -2.55. The zero-order chi connectivity index (χ0) is 13.4. The Balaban J connectivity index is 1.74. The van der Waals surface area contributed by atoms with E-state index >= 15 is 0 Å². The van der Waals surface area contributed by atoms with Crippen LogP contribution in [0.15, 0.2) is 54.7 Å². The number of nitrogens with zero attached hydrogens (tertiary/aromatic N) is 1. The third-order valence-corrected chi connectivity index (χ3v) is 3.56. The number of benzene rings is 2. The highest BCUT2D eigenvalue weighted by molar-refractivity contribution is 5.84. The maximum absolute atomic E-state index is 5.42. The lowest BCUT2D eigenvalue weighted by atomic mass is 10.0. The summed E-state index contributed by atoms with van der Waals surface area (Å²) in [6.45, 7) is 0.311. The lowest BCUT2D eigenvalue weighted by molar-refractivity contribution is 0.174. The largest absolute Gasteiger partial charge is 0.454 e. The lowest BCUT2D eigenvalue weighted by Crippen LogP contribution is -1.94. The second-order valence-electron chi connectivity index (χ2n) is 4.84. The molecule has 1 aliphatic rings. The van der Waals surface area contributed by atoms with Gasteiger partial charge >= 0.3 is 0 Å². The third kappa shape index (κ3) is 1.88. The number of ether oxygens (including phenoxy) is 2. The lowest BCUT2D eigenvalue weighted by Gasteiger charge is -2.06. The molecule has 3 aromatic rings. The Kier molecular flexibility index (Phi) is 2.56. The van der Waals surface area contributed by atoms with Gasteiger partial charge in [0.05, 0.1) is 5.69 Å². The monoisotopic (exact) mass is 263 g/mol. The van der Waals surface area contributed by atoms with Crippen molar-refractivity contribution in [2.24, 2.45) is 0 Å². The first-order valence-electron chi connectivity index (χ1n) is 6.61. The number of pyridine rings is 1. The molecule has 0 unspecified atom stereocenters. The van der Waals surface area contributed by atoms with Crippen LogP contribution in [0.4, 0.5) is 0 Å². The fraction of sp³-hybridized carbons (Fsp3) is 0.118. The van der Waals surface area contributed by atoms with E-state index in [1.165, 1.54) is 16.3 Å². The third-order valence-electron chi connectivity index (χ3n) is 3.56. The smallest absolute Gasteiger partial charge is 0.231 e. The van der Waals surface area contributed by atoms with Crippen LogP contribution >= 0.6 is 0 Å². The van der Waals surface area contributed by atoms with Gasteiger partial charge in [-0.1, -0.05) is 30.3 Å². The van der Waals surface area contributed by atoms with Gasteiger partial charge in [-0.15, -0.1) is 0 Å². The van der Waals surface area contributed by atoms with Crippen LogP contribution in [0.1, 0.15) is 11.3 Å². The molecule has 4 rings (SSSR count). The van der Waals surface area contributed by atoms with Gasteiger partial charge in [-0.25, -0.2) is 0 Å². The van der Waals surface area contributed by atoms with E-state index in [1.54, 1.807) is 0 Å². The quantitative estimate of drug-likeness (QED) is 0.708. The van der Waals surface area contributed by atoms with E-state index in [0.717, 1.165) is 23.6 Å². The molecule has 0 radical (unpaired) electrons. The minimum atomic E-state index is 0.311. The first-order valence-corrected chi connectivity index (χ1v) is 6.61. The number of rotatable bonds is 2. The van der Waals surface area contributed by atoms with Crippen molar-refractivity contribution in [3.8, 4) is 11.5 Å². The average molecular weight is 263 g/mol. The molecule has 1 aliphatic heterocycles. The van der Waals surface area contributed by atoms with Crippen LogP contribution < -0.4 is 9.47 Å². The molecule has 0 amide bonds. The Bertz CT molecular complexity index is 778. The first kappa shape index (κ1) is 11.3. The van der Waals surface area contributed by atoms with E-state index in [9.17, 15) is 0 Å². The summed E-state index contributed by atoms with van der Waals surface area (Å²) in [4.78, 5) is 4.52. The van der Waals surface area contributed by atoms with Crippen LogP contribution in [0.25, 0.3) is 10.8 Å². The van der Waals surface area contributed by atoms with Crippen molar-refractivity contribution in [3.05, 3.63) is 66.0 Å². The highest BCUT2D eigenvalue weighted by Crippen LogP contribution is 2.33. The fourth-order valence-corrected chi connectivity index (χ4v) is 2.57. The molecule has 2 aromatic carbocycles. The zero-order valence-electron chi connectivity index (χ0n) is 10.9. The molecular weight excluding hydrogens is 250 g/mol. The highest BCUT2D eigenvalue weighted by Gasteiger charge is 2.13. The molecule has 3 heteroatoms. The van der Waals surface area contributed by atoms with Gasteiger partial charge in [0.1, 0.15) is 0 Å². The summed E-state index contributed by atoms with van der Waals surface area (Å²) in [7, 11) is 0. The molecule has 2 heterocycles. The van der Waals surface area contributed by atoms with E-state index in [0.29, 0.717) is 6.79 Å². The van der Waals surface area contributed by atoms with Gasteiger partial charge in [0, 0.05) is 18.0 Å². The molecule has 0 atom stereocenters. The Morgan fingerprint density at radius 1 is 0.950 bits per heavy atom. The molecule has 0 saturated carbocycles. The van der Waals surface area contributed by atoms with E-state index in [-0.39, 0.29) is 0 Å². The fourth-order valence-electron chi connectivity index (χ4n) is 2.57. The van der Waals surface area contributed by atoms with Crippen molar-refractivity contribution in [2.75, 3.05) is 6.79 Å². The standard InChI is InChI=1S/C17H13NO2/c1-2-4-14-13(3-1)7-8-18-15(14)9-12-5-6-16-17(10-12)20-11-19-16/h1-8,10H,9,11H2. The molecule has 20 heavy (non-hydrogen) atoms. The molecule has 0 aliphatic carbocycles. The van der Waals surface area contributed by atoms with Crippen LogP contribution in [-0.4, -0.2) is 11.8 Å². The summed E-state index contributed by atoms with van der Waals surface area (Å²) in [5.74, 6) is 1.64. The van der Waals surface area contributed by atoms with Crippen molar-refractivity contribution in [1.82, 2.24) is 4.98 Å². The molecule has 1 aromatic heterocycles. The minimum Gasteiger partial charge on any atom is -0.454 e. The predicted octanol–water partition coefficient (Wildman–Crippen LogP) is 3.55. The zero-order valence-corrected chi connectivity index (χ0v) is 10.9. The second-order valence-corrected chi connectivity index (χ2v) is 4.84. The average Bonchev–Trinajstić information content (AvgIpc) is 2.95. The van der Waals surface area contributed by atoms with Crippen LogP contribution in [0.2, 0.25) is 0 Å². The van der Waals surface area contributed by atoms with Gasteiger partial charge in [0.25, 0.3) is 0 Å². The van der Waals surface area contributed by atoms with E-state index in [4.69, 9.17) is 9.47 Å². The Labute approximate surface area is 116 Å². The second kappa shape index (κ2) is 4.53. The van der Waals surface area contributed by atoms with Crippen LogP contribution in [0.3, 0.4) is 0 Å². The van der Waals surface area contributed by atoms with E-state index < -0.39 is 0 Å². The number of hydrogen-bond donors (Lipinski definition) is 0. The van der Waals surface area contributed by atoms with Gasteiger partial charge in [-0.05, 0) is 29.1 Å². The number of fused-ring (bicyclic) bond motifs is 2. The molecule has 0 spiro atoms. The minimum absolute atomic E-state index is 0.311. The first-order chi connectivity index (χ1) is 9.90. The number of aromatic nitrogens is 1. The van der Waals surface area contributed by atoms with E-state index in [2.05, 4.69) is 23.2 Å². The molecule has 98 valence electrons. The van der Waals surface area contributed by atoms with Crippen molar-refractivity contribution < 1.29 is 9.47 Å². The molecule has 0 fully saturated rings. The summed E-state index contributed by atoms with van der Waals surface area (Å²) < 4.78 is 10.8. The summed E-state index contributed by atoms with van der Waals surface area (Å²) in [5.41, 5.74) is 2.26. The van der Waals surface area contributed by atoms with Crippen molar-refractivity contribution in [3.63, 3.8) is 0 Å². The molecule has 0 saturated heterocycles. The van der Waals surface area contributed by atoms with Crippen LogP contribution in [0.5, 0.6) is 11.5 Å². The maximum atomic E-state index is 5.42. The topological polar surface area (TPSA) is 31.4 Å². The van der Waals surface area contributed by atoms with Gasteiger partial charge in [-0.2, -0.15) is 0 Å². The Morgan fingerprint density at radius 3 is 2.85 bits per heavy atom. The summed E-state index contributed by atoms with van der Waals surface area (Å²) in [6, 6.07) is 16.4. The summed E-state index contributed by atoms with van der Waals surface area (Å²) >= 11 is 0. The van der Waals surface area contributed by atoms with Crippen LogP contribution in [-0.2, 0) is 6.42 Å². The number of hydrogen-bond acceptors (Lipinski definition) is 3. The van der Waals surface area contributed by atoms with Gasteiger partial charge in [0.2, 0.25) is 6.79 Å². The molecular formula is C17H13NO2.